The fourth-order valence-electron chi connectivity index (χ4n) is 1.75. The third-order valence-corrected chi connectivity index (χ3v) is 2.89. The van der Waals surface area contributed by atoms with Gasteiger partial charge in [0, 0.05) is 5.57 Å². The van der Waals surface area contributed by atoms with Crippen molar-refractivity contribution in [2.24, 2.45) is 0 Å². The first kappa shape index (κ1) is 44.4. The van der Waals surface area contributed by atoms with Gasteiger partial charge >= 0.3 is 68.8 Å². The summed E-state index contributed by atoms with van der Waals surface area (Å²) in [6, 6.07) is 0. The van der Waals surface area contributed by atoms with E-state index in [1.54, 1.807) is 33.2 Å². The monoisotopic (exact) mass is 762 g/mol. The van der Waals surface area contributed by atoms with Crippen molar-refractivity contribution >= 4 is 5.97 Å². The highest BCUT2D eigenvalue weighted by Gasteiger charge is 2.64. The number of ether oxygens (including phenoxy) is 10. The number of hydrogen-bond acceptors (Lipinski definition) is 11. The van der Waals surface area contributed by atoms with Gasteiger partial charge in [0.2, 0.25) is 0 Å². The zero-order valence-corrected chi connectivity index (χ0v) is 20.8. The van der Waals surface area contributed by atoms with E-state index in [2.05, 4.69) is 16.1 Å². The molecule has 0 amide bonds. The van der Waals surface area contributed by atoms with Crippen molar-refractivity contribution in [3.05, 3.63) is 12.2 Å². The van der Waals surface area contributed by atoms with E-state index in [-0.39, 0.29) is 0 Å². The van der Waals surface area contributed by atoms with Crippen LogP contribution in [0.3, 0.4) is 0 Å². The number of halogens is 21. The Morgan fingerprint density at radius 1 is 0.426 bits per heavy atom. The second kappa shape index (κ2) is 14.1. The first-order valence-electron chi connectivity index (χ1n) is 9.80. The molecular weight excluding hydrogens is 755 g/mol. The Bertz CT molecular complexity index is 1080. The van der Waals surface area contributed by atoms with Crippen molar-refractivity contribution < 1.29 is 144 Å². The van der Waals surface area contributed by atoms with Crippen LogP contribution in [0, 0.1) is 0 Å². The van der Waals surface area contributed by atoms with Crippen molar-refractivity contribution in [2.45, 2.75) is 69.8 Å². The molecule has 0 spiro atoms. The maximum absolute atomic E-state index is 13.2. The minimum atomic E-state index is -7.09. The lowest BCUT2D eigenvalue weighted by molar-refractivity contribution is -0.648. The van der Waals surface area contributed by atoms with Crippen LogP contribution in [0.15, 0.2) is 12.2 Å². The largest absolute Gasteiger partial charge is 0.529 e. The van der Waals surface area contributed by atoms with E-state index < -0.39 is 81.0 Å². The molecular formula is C15H7F21O11. The van der Waals surface area contributed by atoms with Gasteiger partial charge in [-0.05, 0) is 6.92 Å². The third kappa shape index (κ3) is 19.7. The maximum atomic E-state index is 13.2. The standard InChI is InChI=1S/C15H7F21O11/c1-4(2)5(37)38-3-6(16,17)39-8(21,22)41-10(25,26)43-12(29,30)45-14(33,34)47-15(35,36)46-13(31,32)44-11(27,28)42-9(23,24)40-7(18,19)20/h1,3H2,2H3. The molecule has 0 aromatic carbocycles. The Morgan fingerprint density at radius 2 is 0.638 bits per heavy atom. The summed E-state index contributed by atoms with van der Waals surface area (Å²) >= 11 is 0. The molecule has 0 aromatic heterocycles. The predicted molar refractivity (Wildman–Crippen MR) is 86.1 cm³/mol. The van der Waals surface area contributed by atoms with E-state index in [9.17, 15) is 97.0 Å². The fraction of sp³-hybridized carbons (Fsp3) is 0.800. The highest BCUT2D eigenvalue weighted by molar-refractivity contribution is 5.86. The summed E-state index contributed by atoms with van der Waals surface area (Å²) < 4.78 is 290. The number of carbonyl (C=O) groups excluding carboxylic acids is 1. The number of alkyl halides is 21. The highest BCUT2D eigenvalue weighted by Crippen LogP contribution is 2.43. The van der Waals surface area contributed by atoms with Crippen LogP contribution in [-0.2, 0) is 52.2 Å². The van der Waals surface area contributed by atoms with Crippen molar-refractivity contribution in [1.29, 1.82) is 0 Å². The molecule has 47 heavy (non-hydrogen) atoms. The Labute approximate surface area is 240 Å². The molecule has 0 aliphatic carbocycles. The minimum absolute atomic E-state index is 0.643. The molecule has 0 aliphatic rings. The molecule has 0 bridgehead atoms. The van der Waals surface area contributed by atoms with Gasteiger partial charge in [0.15, 0.2) is 6.61 Å². The van der Waals surface area contributed by atoms with Crippen LogP contribution in [0.25, 0.3) is 0 Å². The van der Waals surface area contributed by atoms with Crippen LogP contribution < -0.4 is 0 Å². The van der Waals surface area contributed by atoms with Gasteiger partial charge in [0.1, 0.15) is 0 Å². The molecule has 0 N–H and O–H groups in total. The van der Waals surface area contributed by atoms with Gasteiger partial charge < -0.3 is 4.74 Å². The molecule has 0 atom stereocenters. The predicted octanol–water partition coefficient (Wildman–Crippen LogP) is 6.77. The normalized spacial score (nSPS) is 15.2. The Morgan fingerprint density at radius 3 is 0.851 bits per heavy atom. The van der Waals surface area contributed by atoms with Crippen LogP contribution in [-0.4, -0.2) is 75.4 Å². The van der Waals surface area contributed by atoms with Crippen LogP contribution in [0.2, 0.25) is 0 Å². The summed E-state index contributed by atoms with van der Waals surface area (Å²) in [5.41, 5.74) is -0.643. The Balaban J connectivity index is 5.47. The molecule has 0 unspecified atom stereocenters. The molecule has 0 saturated heterocycles. The van der Waals surface area contributed by atoms with Crippen molar-refractivity contribution in [3.63, 3.8) is 0 Å². The van der Waals surface area contributed by atoms with E-state index in [1.807, 2.05) is 4.74 Å². The van der Waals surface area contributed by atoms with Crippen LogP contribution in [0.5, 0.6) is 0 Å². The van der Waals surface area contributed by atoms with E-state index in [4.69, 9.17) is 0 Å². The van der Waals surface area contributed by atoms with E-state index in [0.717, 1.165) is 6.92 Å². The van der Waals surface area contributed by atoms with Crippen LogP contribution >= 0.6 is 0 Å². The van der Waals surface area contributed by atoms with Gasteiger partial charge in [-0.1, -0.05) is 6.58 Å². The summed E-state index contributed by atoms with van der Waals surface area (Å²) in [5, 5.41) is 0. The topological polar surface area (TPSA) is 109 Å². The van der Waals surface area contributed by atoms with Gasteiger partial charge in [0.05, 0.1) is 0 Å². The molecule has 11 nitrogen and oxygen atoms in total. The molecule has 0 saturated carbocycles. The second-order valence-corrected chi connectivity index (χ2v) is 7.07. The molecule has 0 aromatic rings. The molecule has 32 heteroatoms. The first-order valence-corrected chi connectivity index (χ1v) is 9.80. The molecule has 0 fully saturated rings. The van der Waals surface area contributed by atoms with E-state index >= 15 is 0 Å². The summed E-state index contributed by atoms with van der Waals surface area (Å²) in [6.45, 7) is 1.13. The van der Waals surface area contributed by atoms with Gasteiger partial charge in [-0.3, -0.25) is 0 Å². The summed E-state index contributed by atoms with van der Waals surface area (Å²) in [7, 11) is 0. The first-order chi connectivity index (χ1) is 20.2. The number of rotatable bonds is 20. The zero-order valence-electron chi connectivity index (χ0n) is 20.8. The Hall–Kier alpha value is -2.62. The van der Waals surface area contributed by atoms with E-state index in [1.165, 1.54) is 0 Å². The molecule has 0 aliphatic heterocycles. The van der Waals surface area contributed by atoms with Crippen molar-refractivity contribution in [3.8, 4) is 0 Å². The second-order valence-electron chi connectivity index (χ2n) is 7.07. The number of carbonyl (C=O) groups is 1. The highest BCUT2D eigenvalue weighted by atomic mass is 19.4. The van der Waals surface area contributed by atoms with Gasteiger partial charge in [-0.25, -0.2) is 42.7 Å². The zero-order chi connectivity index (χ0) is 37.9. The van der Waals surface area contributed by atoms with Gasteiger partial charge in [-0.15, -0.1) is 83.4 Å². The Kier molecular flexibility index (Phi) is 13.3. The maximum Gasteiger partial charge on any atom is 0.529 e. The average molecular weight is 762 g/mol. The molecule has 0 rings (SSSR count). The number of esters is 1. The van der Waals surface area contributed by atoms with Crippen LogP contribution in [0.1, 0.15) is 6.92 Å². The van der Waals surface area contributed by atoms with Crippen molar-refractivity contribution in [2.75, 3.05) is 6.61 Å². The van der Waals surface area contributed by atoms with Crippen molar-refractivity contribution in [1.82, 2.24) is 0 Å². The summed E-state index contributed by atoms with van der Waals surface area (Å²) in [5.74, 6) is -1.72. The van der Waals surface area contributed by atoms with E-state index in [0.29, 0.717) is 0 Å². The van der Waals surface area contributed by atoms with Gasteiger partial charge in [-0.2, -0.15) is 13.5 Å². The summed E-state index contributed by atoms with van der Waals surface area (Å²) in [6.07, 6.45) is -67.3. The summed E-state index contributed by atoms with van der Waals surface area (Å²) in [4.78, 5) is 10.9. The molecule has 280 valence electrons. The molecule has 0 radical (unpaired) electrons. The van der Waals surface area contributed by atoms with Gasteiger partial charge in [0.25, 0.3) is 0 Å². The quantitative estimate of drug-likeness (QED) is 0.0568. The minimum Gasteiger partial charge on any atom is -0.453 e. The van der Waals surface area contributed by atoms with Crippen LogP contribution in [0.4, 0.5) is 92.2 Å². The third-order valence-electron chi connectivity index (χ3n) is 2.89. The fourth-order valence-corrected chi connectivity index (χ4v) is 1.75. The lowest BCUT2D eigenvalue weighted by Crippen LogP contribution is -2.50. The average Bonchev–Trinajstić information content (AvgIpc) is 2.61. The lowest BCUT2D eigenvalue weighted by Gasteiger charge is -2.30. The number of hydrogen-bond donors (Lipinski definition) is 0. The smallest absolute Gasteiger partial charge is 0.453 e. The SMILES string of the molecule is C=C(C)C(=O)OCC(F)(F)OC(F)(F)OC(F)(F)OC(F)(F)OC(F)(F)OC(F)(F)OC(F)(F)OC(F)(F)OC(F)(F)OC(F)(F)F. The lowest BCUT2D eigenvalue weighted by atomic mass is 10.4. The molecule has 0 heterocycles.